The minimum absolute atomic E-state index is 0.133. The monoisotopic (exact) mass is 772 g/mol. The third-order valence-electron chi connectivity index (χ3n) is 10.9. The summed E-state index contributed by atoms with van der Waals surface area (Å²) in [6, 6.07) is 83.4. The molecule has 1 heterocycles. The fraction of sp³-hybridized carbons (Fsp3) is 0. The van der Waals surface area contributed by atoms with Gasteiger partial charge in [-0.15, -0.1) is 0 Å². The van der Waals surface area contributed by atoms with Gasteiger partial charge in [0.25, 0.3) is 0 Å². The van der Waals surface area contributed by atoms with E-state index in [-0.39, 0.29) is 5.69 Å². The van der Waals surface area contributed by atoms with Crippen molar-refractivity contribution in [2.75, 3.05) is 9.80 Å². The summed E-state index contributed by atoms with van der Waals surface area (Å²) in [5.74, 6) is 0. The molecule has 60 heavy (non-hydrogen) atoms. The maximum absolute atomic E-state index is 14.8. The molecule has 0 amide bonds. The third kappa shape index (κ3) is 6.95. The molecule has 5 nitrogen and oxygen atoms in total. The van der Waals surface area contributed by atoms with Crippen LogP contribution in [-0.2, 0) is 0 Å². The van der Waals surface area contributed by atoms with Crippen LogP contribution in [0.4, 0.5) is 34.1 Å². The van der Waals surface area contributed by atoms with Gasteiger partial charge in [-0.25, -0.2) is 4.79 Å². The van der Waals surface area contributed by atoms with Crippen molar-refractivity contribution in [2.24, 2.45) is 0 Å². The minimum atomic E-state index is -0.133. The molecule has 0 radical (unpaired) electrons. The Balaban J connectivity index is 1.03. The van der Waals surface area contributed by atoms with Crippen LogP contribution in [0.3, 0.4) is 0 Å². The molecule has 0 spiro atoms. The van der Waals surface area contributed by atoms with Crippen LogP contribution in [0.2, 0.25) is 0 Å². The lowest BCUT2D eigenvalue weighted by Crippen LogP contribution is -2.22. The molecule has 0 aliphatic carbocycles. The Morgan fingerprint density at radius 2 is 0.550 bits per heavy atom. The first-order valence-corrected chi connectivity index (χ1v) is 20.1. The molecule has 0 bridgehead atoms. The highest BCUT2D eigenvalue weighted by atomic mass is 16.1. The van der Waals surface area contributed by atoms with E-state index >= 15 is 0 Å². The van der Waals surface area contributed by atoms with Crippen molar-refractivity contribution in [2.45, 2.75) is 0 Å². The molecular weight excluding hydrogens is 733 g/mol. The Morgan fingerprint density at radius 3 is 0.900 bits per heavy atom. The number of hydrogen-bond donors (Lipinski definition) is 0. The Hall–Kier alpha value is -8.15. The molecule has 0 unspecified atom stereocenters. The van der Waals surface area contributed by atoms with Crippen molar-refractivity contribution in [3.05, 3.63) is 253 Å². The number of para-hydroxylation sites is 6. The number of anilines is 6. The summed E-state index contributed by atoms with van der Waals surface area (Å²) in [6.45, 7) is 0. The molecule has 0 saturated carbocycles. The average molecular weight is 773 g/mol. The lowest BCUT2D eigenvalue weighted by atomic mass is 10.0. The quantitative estimate of drug-likeness (QED) is 0.139. The van der Waals surface area contributed by atoms with Gasteiger partial charge < -0.3 is 9.80 Å². The van der Waals surface area contributed by atoms with Gasteiger partial charge in [-0.3, -0.25) is 9.13 Å². The number of fused-ring (bicyclic) bond motifs is 1. The molecular formula is C55H40N4O. The van der Waals surface area contributed by atoms with Crippen LogP contribution in [0.1, 0.15) is 0 Å². The van der Waals surface area contributed by atoms with Gasteiger partial charge in [0, 0.05) is 34.1 Å². The molecule has 10 rings (SSSR count). The van der Waals surface area contributed by atoms with Gasteiger partial charge >= 0.3 is 5.69 Å². The first-order chi connectivity index (χ1) is 29.7. The molecule has 0 aliphatic heterocycles. The number of rotatable bonds is 10. The topological polar surface area (TPSA) is 33.4 Å². The van der Waals surface area contributed by atoms with Gasteiger partial charge in [0.05, 0.1) is 22.4 Å². The predicted molar refractivity (Wildman–Crippen MR) is 249 cm³/mol. The van der Waals surface area contributed by atoms with E-state index in [0.717, 1.165) is 78.8 Å². The van der Waals surface area contributed by atoms with E-state index in [1.807, 2.05) is 81.9 Å². The second-order valence-corrected chi connectivity index (χ2v) is 14.7. The van der Waals surface area contributed by atoms with E-state index in [9.17, 15) is 4.79 Å². The zero-order valence-electron chi connectivity index (χ0n) is 32.8. The standard InChI is InChI=1S/C55H40N4O/c60-55-58(51-33-17-21-43(39-51)41-19-15-31-49(37-41)56(45-23-5-1-6-24-45)46-25-7-2-8-26-46)53-35-13-14-36-54(53)59(55)52-34-18-22-44(40-52)42-20-16-32-50(38-42)57(47-27-9-3-10-28-47)48-29-11-4-12-30-48/h1-40H. The van der Waals surface area contributed by atoms with Crippen molar-refractivity contribution in [1.82, 2.24) is 9.13 Å². The summed E-state index contributed by atoms with van der Waals surface area (Å²) in [6.07, 6.45) is 0. The second kappa shape index (κ2) is 16.0. The number of hydrogen-bond acceptors (Lipinski definition) is 3. The Kier molecular flexibility index (Phi) is 9.66. The summed E-state index contributed by atoms with van der Waals surface area (Å²) in [5, 5.41) is 0. The summed E-state index contributed by atoms with van der Waals surface area (Å²) in [7, 11) is 0. The van der Waals surface area contributed by atoms with Gasteiger partial charge in [-0.05, 0) is 131 Å². The fourth-order valence-corrected chi connectivity index (χ4v) is 8.15. The second-order valence-electron chi connectivity index (χ2n) is 14.7. The molecule has 1 aromatic heterocycles. The highest BCUT2D eigenvalue weighted by Gasteiger charge is 2.19. The zero-order valence-corrected chi connectivity index (χ0v) is 32.8. The van der Waals surface area contributed by atoms with Crippen molar-refractivity contribution >= 4 is 45.2 Å². The molecule has 0 fully saturated rings. The molecule has 0 atom stereocenters. The molecule has 9 aromatic carbocycles. The van der Waals surface area contributed by atoms with Crippen molar-refractivity contribution in [3.8, 4) is 33.6 Å². The van der Waals surface area contributed by atoms with Crippen LogP contribution in [0.5, 0.6) is 0 Å². The Labute approximate surface area is 349 Å². The molecule has 0 aliphatic rings. The normalized spacial score (nSPS) is 11.1. The van der Waals surface area contributed by atoms with Crippen LogP contribution in [-0.4, -0.2) is 9.13 Å². The highest BCUT2D eigenvalue weighted by molar-refractivity contribution is 5.84. The maximum atomic E-state index is 14.8. The number of aromatic nitrogens is 2. The van der Waals surface area contributed by atoms with Crippen LogP contribution in [0, 0.1) is 0 Å². The Morgan fingerprint density at radius 1 is 0.267 bits per heavy atom. The van der Waals surface area contributed by atoms with Crippen molar-refractivity contribution in [1.29, 1.82) is 0 Å². The first kappa shape index (κ1) is 36.2. The van der Waals surface area contributed by atoms with Gasteiger partial charge in [-0.1, -0.05) is 133 Å². The Bertz CT molecular complexity index is 2830. The summed E-state index contributed by atoms with van der Waals surface area (Å²) in [4.78, 5) is 19.3. The summed E-state index contributed by atoms with van der Waals surface area (Å²) in [5.41, 5.74) is 13.7. The predicted octanol–water partition coefficient (Wildman–Crippen LogP) is 14.1. The van der Waals surface area contributed by atoms with Gasteiger partial charge in [0.2, 0.25) is 0 Å². The van der Waals surface area contributed by atoms with E-state index in [1.165, 1.54) is 0 Å². The number of benzene rings is 9. The van der Waals surface area contributed by atoms with Gasteiger partial charge in [-0.2, -0.15) is 0 Å². The lowest BCUT2D eigenvalue weighted by Gasteiger charge is -2.26. The zero-order chi connectivity index (χ0) is 40.3. The van der Waals surface area contributed by atoms with E-state index in [0.29, 0.717) is 0 Å². The SMILES string of the molecule is O=c1n(-c2cccc(-c3cccc(N(c4ccccc4)c4ccccc4)c3)c2)c2ccccc2n1-c1cccc(-c2cccc(N(c3ccccc3)c3ccccc3)c2)c1. The summed E-state index contributed by atoms with van der Waals surface area (Å²) >= 11 is 0. The fourth-order valence-electron chi connectivity index (χ4n) is 8.15. The van der Waals surface area contributed by atoms with Crippen molar-refractivity contribution in [3.63, 3.8) is 0 Å². The molecule has 0 saturated heterocycles. The first-order valence-electron chi connectivity index (χ1n) is 20.1. The van der Waals surface area contributed by atoms with Gasteiger partial charge in [0.15, 0.2) is 0 Å². The maximum Gasteiger partial charge on any atom is 0.338 e. The van der Waals surface area contributed by atoms with Crippen LogP contribution in [0.25, 0.3) is 44.7 Å². The van der Waals surface area contributed by atoms with Crippen molar-refractivity contribution < 1.29 is 0 Å². The summed E-state index contributed by atoms with van der Waals surface area (Å²) < 4.78 is 3.65. The molecule has 286 valence electrons. The van der Waals surface area contributed by atoms with E-state index < -0.39 is 0 Å². The lowest BCUT2D eigenvalue weighted by molar-refractivity contribution is 0.931. The molecule has 10 aromatic rings. The third-order valence-corrected chi connectivity index (χ3v) is 10.9. The average Bonchev–Trinajstić information content (AvgIpc) is 3.62. The molecule has 0 N–H and O–H groups in total. The van der Waals surface area contributed by atoms with Crippen LogP contribution in [0.15, 0.2) is 247 Å². The van der Waals surface area contributed by atoms with Crippen LogP contribution >= 0.6 is 0 Å². The van der Waals surface area contributed by atoms with Gasteiger partial charge in [0.1, 0.15) is 0 Å². The smallest absolute Gasteiger partial charge is 0.310 e. The largest absolute Gasteiger partial charge is 0.338 e. The minimum Gasteiger partial charge on any atom is -0.310 e. The van der Waals surface area contributed by atoms with Crippen LogP contribution < -0.4 is 15.5 Å². The van der Waals surface area contributed by atoms with E-state index in [4.69, 9.17) is 0 Å². The molecule has 5 heteroatoms. The highest BCUT2D eigenvalue weighted by Crippen LogP contribution is 2.38. The number of nitrogens with zero attached hydrogens (tertiary/aromatic N) is 4. The van der Waals surface area contributed by atoms with E-state index in [2.05, 4.69) is 180 Å². The van der Waals surface area contributed by atoms with E-state index in [1.54, 1.807) is 0 Å². The number of imidazole rings is 1.